The summed E-state index contributed by atoms with van der Waals surface area (Å²) in [6.45, 7) is 2.70. The Kier molecular flexibility index (Phi) is 7.05. The molecule has 39 heavy (non-hydrogen) atoms. The van der Waals surface area contributed by atoms with E-state index in [4.69, 9.17) is 0 Å². The van der Waals surface area contributed by atoms with Gasteiger partial charge in [-0.3, -0.25) is 14.6 Å². The Labute approximate surface area is 225 Å². The van der Waals surface area contributed by atoms with Crippen LogP contribution in [0.2, 0.25) is 0 Å². The number of aromatic nitrogens is 2. The Hall–Kier alpha value is -4.67. The first-order valence-electron chi connectivity index (χ1n) is 12.8. The first-order valence-corrected chi connectivity index (χ1v) is 12.8. The monoisotopic (exact) mass is 529 g/mol. The maximum atomic E-state index is 13.2. The third-order valence-corrected chi connectivity index (χ3v) is 7.13. The lowest BCUT2D eigenvalue weighted by Crippen LogP contribution is -2.46. The van der Waals surface area contributed by atoms with Crippen LogP contribution >= 0.6 is 0 Å². The van der Waals surface area contributed by atoms with Crippen LogP contribution in [0.1, 0.15) is 36.5 Å². The quantitative estimate of drug-likeness (QED) is 0.199. The zero-order chi connectivity index (χ0) is 27.6. The fraction of sp³-hybridized carbons (Fsp3) is 0.321. The average Bonchev–Trinajstić information content (AvgIpc) is 3.75. The first-order chi connectivity index (χ1) is 18.7. The minimum absolute atomic E-state index is 0.145. The second kappa shape index (κ2) is 10.6. The molecular weight excluding hydrogens is 498 g/mol. The van der Waals surface area contributed by atoms with Crippen molar-refractivity contribution in [1.29, 1.82) is 0 Å². The minimum Gasteiger partial charge on any atom is -0.352 e. The van der Waals surface area contributed by atoms with Crippen LogP contribution in [-0.2, 0) is 31.5 Å². The van der Waals surface area contributed by atoms with Gasteiger partial charge in [0, 0.05) is 26.3 Å². The number of H-pyrrole nitrogens is 1. The van der Waals surface area contributed by atoms with Crippen molar-refractivity contribution in [3.63, 3.8) is 0 Å². The highest BCUT2D eigenvalue weighted by molar-refractivity contribution is 6.23. The summed E-state index contributed by atoms with van der Waals surface area (Å²) >= 11 is 0. The lowest BCUT2D eigenvalue weighted by atomic mass is 9.96. The van der Waals surface area contributed by atoms with Crippen LogP contribution < -0.4 is 32.1 Å². The predicted octanol–water partition coefficient (Wildman–Crippen LogP) is 1.73. The number of nitrogens with one attached hydrogen (secondary N) is 4. The molecular formula is C28H31N7O4. The zero-order valence-electron chi connectivity index (χ0n) is 21.9. The Morgan fingerprint density at radius 3 is 2.46 bits per heavy atom. The topological polar surface area (TPSA) is 141 Å². The van der Waals surface area contributed by atoms with E-state index in [-0.39, 0.29) is 24.9 Å². The van der Waals surface area contributed by atoms with Gasteiger partial charge in [-0.05, 0) is 48.9 Å². The number of guanidine groups is 1. The minimum atomic E-state index is -0.859. The van der Waals surface area contributed by atoms with E-state index in [0.29, 0.717) is 23.8 Å². The van der Waals surface area contributed by atoms with E-state index < -0.39 is 22.8 Å². The van der Waals surface area contributed by atoms with Crippen molar-refractivity contribution in [2.45, 2.75) is 44.9 Å². The van der Waals surface area contributed by atoms with E-state index >= 15 is 0 Å². The van der Waals surface area contributed by atoms with Gasteiger partial charge < -0.3 is 20.5 Å². The van der Waals surface area contributed by atoms with E-state index in [0.717, 1.165) is 24.0 Å². The summed E-state index contributed by atoms with van der Waals surface area (Å²) in [5.41, 5.74) is 0.918. The molecule has 0 radical (unpaired) electrons. The number of nitrogens with zero attached hydrogens (tertiary/aromatic N) is 3. The van der Waals surface area contributed by atoms with E-state index in [1.165, 1.54) is 15.7 Å². The average molecular weight is 530 g/mol. The van der Waals surface area contributed by atoms with Gasteiger partial charge in [-0.1, -0.05) is 42.5 Å². The molecule has 1 aliphatic carbocycles. The molecule has 1 saturated heterocycles. The van der Waals surface area contributed by atoms with Crippen molar-refractivity contribution in [2.75, 3.05) is 4.90 Å². The Morgan fingerprint density at radius 1 is 1.00 bits per heavy atom. The number of anilines is 1. The van der Waals surface area contributed by atoms with Crippen LogP contribution in [0, 0.1) is 5.92 Å². The molecule has 2 fully saturated rings. The van der Waals surface area contributed by atoms with Gasteiger partial charge in [0.25, 0.3) is 11.5 Å². The van der Waals surface area contributed by atoms with Crippen LogP contribution in [0.15, 0.2) is 75.4 Å². The summed E-state index contributed by atoms with van der Waals surface area (Å²) in [6, 6.07) is 16.6. The molecule has 2 heterocycles. The van der Waals surface area contributed by atoms with Gasteiger partial charge in [-0.2, -0.15) is 0 Å². The van der Waals surface area contributed by atoms with Crippen LogP contribution in [0.3, 0.4) is 0 Å². The van der Waals surface area contributed by atoms with Crippen molar-refractivity contribution >= 4 is 23.6 Å². The van der Waals surface area contributed by atoms with Gasteiger partial charge in [0.05, 0.1) is 17.8 Å². The lowest BCUT2D eigenvalue weighted by molar-refractivity contribution is -0.122. The zero-order valence-corrected chi connectivity index (χ0v) is 21.9. The van der Waals surface area contributed by atoms with Crippen LogP contribution in [0.25, 0.3) is 0 Å². The number of amides is 3. The number of imide groups is 1. The molecule has 4 N–H and O–H groups in total. The molecule has 1 atom stereocenters. The van der Waals surface area contributed by atoms with E-state index in [9.17, 15) is 19.2 Å². The van der Waals surface area contributed by atoms with Crippen molar-refractivity contribution in [2.24, 2.45) is 18.0 Å². The molecule has 2 aliphatic rings. The standard InChI is InChI=1S/C28H31N7O4/c1-28(21-11-12-21)24(37)35(27(39)33-28)22-10-6-9-19(13-22)15-30-25(29-14-18-7-4-3-5-8-18)31-16-20-17-34(2)26(38)32-23(20)36/h3-10,13,17,21H,11-12,14-16H2,1-2H3,(H,33,39)(H2,29,30,31)(H,32,36,38). The van der Waals surface area contributed by atoms with Gasteiger partial charge in [-0.25, -0.2) is 19.5 Å². The Bertz CT molecular complexity index is 1540. The highest BCUT2D eigenvalue weighted by Crippen LogP contribution is 2.43. The number of rotatable bonds is 8. The van der Waals surface area contributed by atoms with Gasteiger partial charge in [-0.15, -0.1) is 0 Å². The van der Waals surface area contributed by atoms with Crippen molar-refractivity contribution in [3.05, 3.63) is 98.3 Å². The van der Waals surface area contributed by atoms with Crippen LogP contribution in [-0.4, -0.2) is 33.0 Å². The summed E-state index contributed by atoms with van der Waals surface area (Å²) in [5, 5.41) is 9.30. The fourth-order valence-corrected chi connectivity index (χ4v) is 4.67. The number of carbonyl (C=O) groups excluding carboxylic acids is 2. The summed E-state index contributed by atoms with van der Waals surface area (Å²) < 4.78 is 1.31. The van der Waals surface area contributed by atoms with Gasteiger partial charge in [0.1, 0.15) is 5.54 Å². The maximum Gasteiger partial charge on any atom is 0.329 e. The van der Waals surface area contributed by atoms with Gasteiger partial charge >= 0.3 is 11.7 Å². The van der Waals surface area contributed by atoms with Crippen LogP contribution in [0.5, 0.6) is 0 Å². The molecule has 1 unspecified atom stereocenters. The molecule has 5 rings (SSSR count). The SMILES string of the molecule is Cn1cc(CNC(=NCc2cccc(N3C(=O)NC(C)(C4CC4)C3=O)c2)NCc2ccccc2)c(=O)[nH]c1=O. The fourth-order valence-electron chi connectivity index (χ4n) is 4.67. The number of aromatic amines is 1. The summed E-state index contributed by atoms with van der Waals surface area (Å²) in [7, 11) is 1.57. The number of benzene rings is 2. The smallest absolute Gasteiger partial charge is 0.329 e. The largest absolute Gasteiger partial charge is 0.352 e. The van der Waals surface area contributed by atoms with E-state index in [2.05, 4.69) is 25.9 Å². The highest BCUT2D eigenvalue weighted by Gasteiger charge is 2.56. The van der Waals surface area contributed by atoms with E-state index in [1.54, 1.807) is 32.2 Å². The predicted molar refractivity (Wildman–Crippen MR) is 147 cm³/mol. The Morgan fingerprint density at radius 2 is 1.72 bits per heavy atom. The third kappa shape index (κ3) is 5.62. The normalized spacial score (nSPS) is 19.2. The third-order valence-electron chi connectivity index (χ3n) is 7.13. The molecule has 1 aliphatic heterocycles. The maximum absolute atomic E-state index is 13.2. The van der Waals surface area contributed by atoms with Crippen molar-refractivity contribution in [3.8, 4) is 0 Å². The number of carbonyl (C=O) groups is 2. The molecule has 0 spiro atoms. The second-order valence-electron chi connectivity index (χ2n) is 10.1. The first kappa shape index (κ1) is 26.0. The van der Waals surface area contributed by atoms with Gasteiger partial charge in [0.15, 0.2) is 5.96 Å². The molecule has 1 aromatic heterocycles. The number of urea groups is 1. The molecule has 2 aromatic carbocycles. The second-order valence-corrected chi connectivity index (χ2v) is 10.1. The number of hydrogen-bond acceptors (Lipinski definition) is 5. The molecule has 1 saturated carbocycles. The highest BCUT2D eigenvalue weighted by atomic mass is 16.2. The summed E-state index contributed by atoms with van der Waals surface area (Å²) in [5.74, 6) is 0.397. The molecule has 11 nitrogen and oxygen atoms in total. The van der Waals surface area contributed by atoms with Crippen molar-refractivity contribution < 1.29 is 9.59 Å². The molecule has 3 aromatic rings. The molecule has 3 amide bonds. The van der Waals surface area contributed by atoms with Crippen molar-refractivity contribution in [1.82, 2.24) is 25.5 Å². The molecule has 11 heteroatoms. The number of aryl methyl sites for hydroxylation is 1. The Balaban J connectivity index is 1.34. The van der Waals surface area contributed by atoms with E-state index in [1.807, 2.05) is 36.4 Å². The van der Waals surface area contributed by atoms with Crippen LogP contribution in [0.4, 0.5) is 10.5 Å². The van der Waals surface area contributed by atoms with Gasteiger partial charge in [0.2, 0.25) is 0 Å². The number of aliphatic imine (C=N–C) groups is 1. The summed E-state index contributed by atoms with van der Waals surface area (Å²) in [4.78, 5) is 58.0. The molecule has 202 valence electrons. The number of hydrogen-bond donors (Lipinski definition) is 4. The lowest BCUT2D eigenvalue weighted by Gasteiger charge is -2.21. The molecule has 0 bridgehead atoms. The summed E-state index contributed by atoms with van der Waals surface area (Å²) in [6.07, 6.45) is 3.35.